The van der Waals surface area contributed by atoms with Crippen molar-refractivity contribution in [2.45, 2.75) is 98.5 Å². The molecule has 0 atom stereocenters. The van der Waals surface area contributed by atoms with Gasteiger partial charge in [-0.1, -0.05) is 49.0 Å². The van der Waals surface area contributed by atoms with Crippen LogP contribution in [0.1, 0.15) is 95.8 Å². The summed E-state index contributed by atoms with van der Waals surface area (Å²) in [6.07, 6.45) is 13.3. The molecule has 2 N–H and O–H groups in total. The van der Waals surface area contributed by atoms with Crippen molar-refractivity contribution in [1.82, 2.24) is 9.80 Å². The molecule has 0 bridgehead atoms. The van der Waals surface area contributed by atoms with Crippen LogP contribution in [0.3, 0.4) is 0 Å². The minimum absolute atomic E-state index is 0.117. The molecule has 0 radical (unpaired) electrons. The number of rotatable bonds is 21. The number of phenols is 1. The number of morpholine rings is 2. The van der Waals surface area contributed by atoms with E-state index < -0.39 is 0 Å². The molecule has 0 unspecified atom stereocenters. The average Bonchev–Trinajstić information content (AvgIpc) is 3.16. The zero-order chi connectivity index (χ0) is 38.3. The first-order chi connectivity index (χ1) is 26.3. The first-order valence-corrected chi connectivity index (χ1v) is 20.3. The van der Waals surface area contributed by atoms with Gasteiger partial charge in [-0.15, -0.1) is 0 Å². The fourth-order valence-electron chi connectivity index (χ4n) is 7.32. The summed E-state index contributed by atoms with van der Waals surface area (Å²) in [5, 5.41) is 22.9. The Morgan fingerprint density at radius 1 is 0.667 bits per heavy atom. The van der Waals surface area contributed by atoms with Crippen molar-refractivity contribution in [2.24, 2.45) is 0 Å². The van der Waals surface area contributed by atoms with E-state index in [2.05, 4.69) is 9.80 Å². The lowest BCUT2D eigenvalue weighted by molar-refractivity contribution is 0.0370. The van der Waals surface area contributed by atoms with Crippen molar-refractivity contribution >= 4 is 21.9 Å². The van der Waals surface area contributed by atoms with Crippen molar-refractivity contribution in [1.29, 1.82) is 0 Å². The summed E-state index contributed by atoms with van der Waals surface area (Å²) in [5.41, 5.74) is 4.30. The summed E-state index contributed by atoms with van der Waals surface area (Å²) in [6.45, 7) is 18.3. The van der Waals surface area contributed by atoms with Crippen LogP contribution >= 0.6 is 0 Å². The van der Waals surface area contributed by atoms with Gasteiger partial charge in [0.2, 0.25) is 5.43 Å². The Balaban J connectivity index is 1.36. The van der Waals surface area contributed by atoms with E-state index in [1.54, 1.807) is 12.1 Å². The van der Waals surface area contributed by atoms with E-state index >= 15 is 0 Å². The van der Waals surface area contributed by atoms with Gasteiger partial charge in [0, 0.05) is 49.4 Å². The quantitative estimate of drug-likeness (QED) is 0.0638. The number of allylic oxidation sites excluding steroid dienone is 4. The van der Waals surface area contributed by atoms with Crippen LogP contribution in [0.5, 0.6) is 17.2 Å². The second kappa shape index (κ2) is 21.6. The first kappa shape index (κ1) is 41.7. The van der Waals surface area contributed by atoms with E-state index in [1.807, 2.05) is 39.8 Å². The van der Waals surface area contributed by atoms with Crippen molar-refractivity contribution in [3.63, 3.8) is 0 Å². The molecule has 0 spiro atoms. The highest BCUT2D eigenvalue weighted by molar-refractivity contribution is 5.97. The van der Waals surface area contributed by atoms with Crippen molar-refractivity contribution in [2.75, 3.05) is 78.9 Å². The third-order valence-electron chi connectivity index (χ3n) is 10.5. The zero-order valence-corrected chi connectivity index (χ0v) is 33.3. The normalized spacial score (nSPS) is 15.5. The standard InChI is InChI=1S/C44H64N2O8/c1-32(2)13-15-34-36(31-47)38(53-24-12-8-6-10-18-46-21-27-51-28-22-46)30-39-41(34)44(49)42-40(54-39)29-37(35(43(42)48)16-14-33(3)4)52-23-11-7-5-9-17-45-19-25-50-26-20-45/h13-14,29-30,47-48H,5-12,15-28,31H2,1-4H3. The fourth-order valence-corrected chi connectivity index (χ4v) is 7.32. The highest BCUT2D eigenvalue weighted by Crippen LogP contribution is 2.39. The number of phenolic OH excluding ortho intramolecular Hbond substituents is 1. The molecule has 0 amide bonds. The molecular formula is C44H64N2O8. The van der Waals surface area contributed by atoms with Gasteiger partial charge < -0.3 is 33.6 Å². The predicted molar refractivity (Wildman–Crippen MR) is 216 cm³/mol. The highest BCUT2D eigenvalue weighted by atomic mass is 16.5. The Bertz CT molecular complexity index is 1760. The zero-order valence-electron chi connectivity index (χ0n) is 33.3. The summed E-state index contributed by atoms with van der Waals surface area (Å²) in [4.78, 5) is 19.4. The fraction of sp³-hybridized carbons (Fsp3) is 0.614. The lowest BCUT2D eigenvalue weighted by atomic mass is 9.95. The molecule has 2 fully saturated rings. The van der Waals surface area contributed by atoms with Gasteiger partial charge in [-0.3, -0.25) is 14.6 Å². The molecule has 0 aliphatic carbocycles. The molecule has 0 saturated carbocycles. The number of aliphatic hydroxyl groups is 1. The largest absolute Gasteiger partial charge is 0.507 e. The van der Waals surface area contributed by atoms with Gasteiger partial charge in [0.25, 0.3) is 0 Å². The molecule has 3 aromatic rings. The molecule has 2 aliphatic heterocycles. The van der Waals surface area contributed by atoms with Crippen LogP contribution in [0.15, 0.2) is 44.6 Å². The topological polar surface area (TPSA) is 114 Å². The molecule has 1 aromatic heterocycles. The summed E-state index contributed by atoms with van der Waals surface area (Å²) < 4.78 is 30.1. The molecule has 10 nitrogen and oxygen atoms in total. The summed E-state index contributed by atoms with van der Waals surface area (Å²) in [5.74, 6) is 0.927. The van der Waals surface area contributed by atoms with Gasteiger partial charge in [-0.25, -0.2) is 0 Å². The van der Waals surface area contributed by atoms with Crippen LogP contribution in [0.2, 0.25) is 0 Å². The van der Waals surface area contributed by atoms with E-state index in [1.165, 1.54) is 0 Å². The van der Waals surface area contributed by atoms with Crippen molar-refractivity contribution in [3.05, 3.63) is 62.3 Å². The van der Waals surface area contributed by atoms with Crippen LogP contribution < -0.4 is 14.9 Å². The molecule has 298 valence electrons. The second-order valence-electron chi connectivity index (χ2n) is 15.3. The molecule has 10 heteroatoms. The number of aliphatic hydroxyl groups excluding tert-OH is 1. The lowest BCUT2D eigenvalue weighted by Crippen LogP contribution is -2.36. The van der Waals surface area contributed by atoms with Gasteiger partial charge in [-0.05, 0) is 84.9 Å². The van der Waals surface area contributed by atoms with E-state index in [4.69, 9.17) is 23.4 Å². The number of hydrogen-bond donors (Lipinski definition) is 2. The number of aromatic hydroxyl groups is 1. The lowest BCUT2D eigenvalue weighted by Gasteiger charge is -2.26. The third-order valence-corrected chi connectivity index (χ3v) is 10.5. The average molecular weight is 749 g/mol. The van der Waals surface area contributed by atoms with E-state index in [9.17, 15) is 15.0 Å². The first-order valence-electron chi connectivity index (χ1n) is 20.3. The summed E-state index contributed by atoms with van der Waals surface area (Å²) in [7, 11) is 0. The third kappa shape index (κ3) is 11.8. The van der Waals surface area contributed by atoms with Gasteiger partial charge >= 0.3 is 0 Å². The van der Waals surface area contributed by atoms with Crippen molar-refractivity contribution < 1.29 is 33.6 Å². The Labute approximate surface area is 321 Å². The number of benzene rings is 2. The van der Waals surface area contributed by atoms with Crippen LogP contribution in [0, 0.1) is 0 Å². The Morgan fingerprint density at radius 2 is 1.13 bits per heavy atom. The van der Waals surface area contributed by atoms with Gasteiger partial charge in [-0.2, -0.15) is 0 Å². The molecule has 54 heavy (non-hydrogen) atoms. The second-order valence-corrected chi connectivity index (χ2v) is 15.3. The number of ether oxygens (including phenoxy) is 4. The summed E-state index contributed by atoms with van der Waals surface area (Å²) in [6, 6.07) is 3.49. The number of nitrogens with zero attached hydrogens (tertiary/aromatic N) is 2. The summed E-state index contributed by atoms with van der Waals surface area (Å²) >= 11 is 0. The minimum Gasteiger partial charge on any atom is -0.507 e. The molecule has 5 rings (SSSR count). The molecular weight excluding hydrogens is 684 g/mol. The number of fused-ring (bicyclic) bond motifs is 2. The minimum atomic E-state index is -0.326. The van der Waals surface area contributed by atoms with Crippen LogP contribution in [0.4, 0.5) is 0 Å². The number of unbranched alkanes of at least 4 members (excludes halogenated alkanes) is 6. The van der Waals surface area contributed by atoms with E-state index in [0.717, 1.165) is 128 Å². The van der Waals surface area contributed by atoms with Crippen LogP contribution in [0.25, 0.3) is 21.9 Å². The van der Waals surface area contributed by atoms with E-state index in [0.29, 0.717) is 65.2 Å². The van der Waals surface area contributed by atoms with Gasteiger partial charge in [0.05, 0.1) is 51.6 Å². The molecule has 3 heterocycles. The monoisotopic (exact) mass is 748 g/mol. The maximum absolute atomic E-state index is 14.5. The van der Waals surface area contributed by atoms with Gasteiger partial charge in [0.1, 0.15) is 33.8 Å². The molecule has 2 aliphatic rings. The van der Waals surface area contributed by atoms with Gasteiger partial charge in [0.15, 0.2) is 0 Å². The number of hydrogen-bond acceptors (Lipinski definition) is 10. The van der Waals surface area contributed by atoms with E-state index in [-0.39, 0.29) is 28.8 Å². The highest BCUT2D eigenvalue weighted by Gasteiger charge is 2.24. The van der Waals surface area contributed by atoms with Crippen LogP contribution in [-0.2, 0) is 28.9 Å². The van der Waals surface area contributed by atoms with Crippen LogP contribution in [-0.4, -0.2) is 98.9 Å². The maximum Gasteiger partial charge on any atom is 0.204 e. The molecule has 2 aromatic carbocycles. The Kier molecular flexibility index (Phi) is 16.7. The molecule has 2 saturated heterocycles. The Morgan fingerprint density at radius 3 is 1.63 bits per heavy atom. The smallest absolute Gasteiger partial charge is 0.204 e. The SMILES string of the molecule is CC(C)=CCc1c(OCCCCCCN2CCOCC2)cc2oc3cc(OCCCCCCN4CCOCC4)c(CO)c(CC=C(C)C)c3c(=O)c2c1O. The van der Waals surface area contributed by atoms with Crippen molar-refractivity contribution in [3.8, 4) is 17.2 Å². The predicted octanol–water partition coefficient (Wildman–Crippen LogP) is 7.70. The Hall–Kier alpha value is -3.41. The maximum atomic E-state index is 14.5.